The molecule has 146 valence electrons. The molecule has 3 aromatic rings. The van der Waals surface area contributed by atoms with Gasteiger partial charge in [0, 0.05) is 23.7 Å². The minimum Gasteiger partial charge on any atom is -0.379 e. The SMILES string of the molecule is O=S(=O)(c1nc(-c2ccc(Cl)cc2)sc1-c1ccc(F)cc1)N1CCOCC1. The van der Waals surface area contributed by atoms with Crippen molar-refractivity contribution in [1.82, 2.24) is 9.29 Å². The van der Waals surface area contributed by atoms with E-state index in [4.69, 9.17) is 16.3 Å². The summed E-state index contributed by atoms with van der Waals surface area (Å²) < 4.78 is 46.5. The van der Waals surface area contributed by atoms with Crippen molar-refractivity contribution < 1.29 is 17.5 Å². The maximum Gasteiger partial charge on any atom is 0.262 e. The monoisotopic (exact) mass is 438 g/mol. The Balaban J connectivity index is 1.85. The third kappa shape index (κ3) is 3.83. The van der Waals surface area contributed by atoms with Gasteiger partial charge in [-0.05, 0) is 29.8 Å². The zero-order valence-corrected chi connectivity index (χ0v) is 17.0. The van der Waals surface area contributed by atoms with E-state index in [9.17, 15) is 12.8 Å². The second kappa shape index (κ2) is 7.88. The van der Waals surface area contributed by atoms with E-state index in [1.165, 1.54) is 27.8 Å². The van der Waals surface area contributed by atoms with E-state index in [-0.39, 0.29) is 23.9 Å². The first kappa shape index (κ1) is 19.5. The molecule has 1 saturated heterocycles. The minimum absolute atomic E-state index is 0.0176. The number of rotatable bonds is 4. The highest BCUT2D eigenvalue weighted by molar-refractivity contribution is 7.89. The molecule has 0 saturated carbocycles. The van der Waals surface area contributed by atoms with Crippen LogP contribution in [0.25, 0.3) is 21.0 Å². The molecular formula is C19H16ClFN2O3S2. The lowest BCUT2D eigenvalue weighted by Gasteiger charge is -2.25. The summed E-state index contributed by atoms with van der Waals surface area (Å²) in [6, 6.07) is 12.8. The molecule has 4 rings (SSSR count). The number of halogens is 2. The van der Waals surface area contributed by atoms with Gasteiger partial charge in [-0.3, -0.25) is 0 Å². The third-order valence-corrected chi connectivity index (χ3v) is 7.71. The van der Waals surface area contributed by atoms with Crippen LogP contribution in [-0.4, -0.2) is 44.0 Å². The summed E-state index contributed by atoms with van der Waals surface area (Å²) in [5.41, 5.74) is 1.37. The van der Waals surface area contributed by atoms with Crippen LogP contribution in [0.4, 0.5) is 4.39 Å². The molecular weight excluding hydrogens is 423 g/mol. The Labute approximate surface area is 171 Å². The third-order valence-electron chi connectivity index (χ3n) is 4.35. The van der Waals surface area contributed by atoms with E-state index in [0.29, 0.717) is 33.7 Å². The topological polar surface area (TPSA) is 59.5 Å². The van der Waals surface area contributed by atoms with Crippen molar-refractivity contribution in [2.75, 3.05) is 26.3 Å². The van der Waals surface area contributed by atoms with Gasteiger partial charge in [0.25, 0.3) is 10.0 Å². The Morgan fingerprint density at radius 1 is 1.00 bits per heavy atom. The van der Waals surface area contributed by atoms with Crippen LogP contribution in [0.1, 0.15) is 0 Å². The van der Waals surface area contributed by atoms with Gasteiger partial charge in [-0.15, -0.1) is 11.3 Å². The summed E-state index contributed by atoms with van der Waals surface area (Å²) in [7, 11) is -3.81. The molecule has 0 atom stereocenters. The van der Waals surface area contributed by atoms with Crippen LogP contribution in [0.15, 0.2) is 53.6 Å². The zero-order valence-electron chi connectivity index (χ0n) is 14.6. The van der Waals surface area contributed by atoms with Gasteiger partial charge >= 0.3 is 0 Å². The number of nitrogens with zero attached hydrogens (tertiary/aromatic N) is 2. The van der Waals surface area contributed by atoms with Gasteiger partial charge in [0.2, 0.25) is 0 Å². The molecule has 1 aliphatic rings. The van der Waals surface area contributed by atoms with Gasteiger partial charge in [0.1, 0.15) is 10.8 Å². The van der Waals surface area contributed by atoms with Gasteiger partial charge < -0.3 is 4.74 Å². The van der Waals surface area contributed by atoms with Crippen molar-refractivity contribution in [1.29, 1.82) is 0 Å². The Bertz CT molecular complexity index is 1080. The minimum atomic E-state index is -3.81. The lowest BCUT2D eigenvalue weighted by molar-refractivity contribution is 0.0729. The molecule has 2 aromatic carbocycles. The average Bonchev–Trinajstić information content (AvgIpc) is 3.16. The van der Waals surface area contributed by atoms with Crippen molar-refractivity contribution in [3.63, 3.8) is 0 Å². The van der Waals surface area contributed by atoms with Gasteiger partial charge in [0.05, 0.1) is 18.1 Å². The highest BCUT2D eigenvalue weighted by Gasteiger charge is 2.32. The number of hydrogen-bond acceptors (Lipinski definition) is 5. The molecule has 0 N–H and O–H groups in total. The average molecular weight is 439 g/mol. The molecule has 5 nitrogen and oxygen atoms in total. The number of hydrogen-bond donors (Lipinski definition) is 0. The molecule has 1 aromatic heterocycles. The molecule has 0 aliphatic carbocycles. The second-order valence-electron chi connectivity index (χ2n) is 6.18. The Hall–Kier alpha value is -1.84. The van der Waals surface area contributed by atoms with Crippen LogP contribution in [0, 0.1) is 5.82 Å². The molecule has 2 heterocycles. The maximum absolute atomic E-state index is 13.4. The number of aromatic nitrogens is 1. The summed E-state index contributed by atoms with van der Waals surface area (Å²) in [6.07, 6.45) is 0. The molecule has 28 heavy (non-hydrogen) atoms. The quantitative estimate of drug-likeness (QED) is 0.609. The van der Waals surface area contributed by atoms with Gasteiger partial charge in [0.15, 0.2) is 5.03 Å². The van der Waals surface area contributed by atoms with E-state index in [0.717, 1.165) is 5.56 Å². The first-order valence-corrected chi connectivity index (χ1v) is 11.2. The van der Waals surface area contributed by atoms with Crippen molar-refractivity contribution in [2.45, 2.75) is 5.03 Å². The second-order valence-corrected chi connectivity index (χ2v) is 9.47. The zero-order chi connectivity index (χ0) is 19.7. The summed E-state index contributed by atoms with van der Waals surface area (Å²) >= 11 is 7.21. The van der Waals surface area contributed by atoms with Crippen LogP contribution in [0.2, 0.25) is 5.02 Å². The largest absolute Gasteiger partial charge is 0.379 e. The standard InChI is InChI=1S/C19H16ClFN2O3S2/c20-15-5-1-14(2-6-15)18-22-19(28(24,25)23-9-11-26-12-10-23)17(27-18)13-3-7-16(21)8-4-13/h1-8H,9-12H2. The van der Waals surface area contributed by atoms with E-state index >= 15 is 0 Å². The van der Waals surface area contributed by atoms with Crippen molar-refractivity contribution in [2.24, 2.45) is 0 Å². The van der Waals surface area contributed by atoms with E-state index in [1.54, 1.807) is 36.4 Å². The van der Waals surface area contributed by atoms with Crippen molar-refractivity contribution in [3.8, 4) is 21.0 Å². The number of sulfonamides is 1. The molecule has 0 radical (unpaired) electrons. The maximum atomic E-state index is 13.4. The fourth-order valence-electron chi connectivity index (χ4n) is 2.89. The first-order chi connectivity index (χ1) is 13.4. The van der Waals surface area contributed by atoms with Crippen LogP contribution >= 0.6 is 22.9 Å². The number of ether oxygens (including phenoxy) is 1. The lowest BCUT2D eigenvalue weighted by atomic mass is 10.2. The van der Waals surface area contributed by atoms with E-state index in [1.807, 2.05) is 0 Å². The summed E-state index contributed by atoms with van der Waals surface area (Å²) in [5, 5.41) is 1.12. The molecule has 1 fully saturated rings. The van der Waals surface area contributed by atoms with Crippen molar-refractivity contribution >= 4 is 33.0 Å². The Kier molecular flexibility index (Phi) is 5.48. The van der Waals surface area contributed by atoms with E-state index in [2.05, 4.69) is 4.98 Å². The molecule has 0 spiro atoms. The lowest BCUT2D eigenvalue weighted by Crippen LogP contribution is -2.40. The smallest absolute Gasteiger partial charge is 0.262 e. The fourth-order valence-corrected chi connectivity index (χ4v) is 5.92. The van der Waals surface area contributed by atoms with Gasteiger partial charge in [-0.2, -0.15) is 4.31 Å². The van der Waals surface area contributed by atoms with Crippen LogP contribution < -0.4 is 0 Å². The summed E-state index contributed by atoms with van der Waals surface area (Å²) in [5.74, 6) is -0.385. The molecule has 9 heteroatoms. The van der Waals surface area contributed by atoms with Gasteiger partial charge in [-0.25, -0.2) is 17.8 Å². The summed E-state index contributed by atoms with van der Waals surface area (Å²) in [6.45, 7) is 1.25. The molecule has 0 amide bonds. The highest BCUT2D eigenvalue weighted by atomic mass is 35.5. The van der Waals surface area contributed by atoms with Crippen LogP contribution in [0.5, 0.6) is 0 Å². The predicted molar refractivity (Wildman–Crippen MR) is 108 cm³/mol. The molecule has 0 unspecified atom stereocenters. The highest BCUT2D eigenvalue weighted by Crippen LogP contribution is 2.39. The number of benzene rings is 2. The summed E-state index contributed by atoms with van der Waals surface area (Å²) in [4.78, 5) is 4.95. The number of morpholine rings is 1. The normalized spacial score (nSPS) is 15.6. The predicted octanol–water partition coefficient (Wildman–Crippen LogP) is 4.29. The Morgan fingerprint density at radius 2 is 1.61 bits per heavy atom. The molecule has 1 aliphatic heterocycles. The van der Waals surface area contributed by atoms with Crippen LogP contribution in [0.3, 0.4) is 0 Å². The molecule has 0 bridgehead atoms. The fraction of sp³-hybridized carbons (Fsp3) is 0.211. The van der Waals surface area contributed by atoms with Crippen molar-refractivity contribution in [3.05, 3.63) is 59.4 Å². The van der Waals surface area contributed by atoms with Gasteiger partial charge in [-0.1, -0.05) is 35.9 Å². The number of thiazole rings is 1. The first-order valence-electron chi connectivity index (χ1n) is 8.56. The van der Waals surface area contributed by atoms with Crippen LogP contribution in [-0.2, 0) is 14.8 Å². The Morgan fingerprint density at radius 3 is 2.25 bits per heavy atom. The van der Waals surface area contributed by atoms with E-state index < -0.39 is 10.0 Å².